The predicted octanol–water partition coefficient (Wildman–Crippen LogP) is 4.12. The normalized spacial score (nSPS) is 18.2. The zero-order chi connectivity index (χ0) is 25.3. The van der Waals surface area contributed by atoms with Crippen molar-refractivity contribution in [2.75, 3.05) is 11.6 Å². The predicted molar refractivity (Wildman–Crippen MR) is 126 cm³/mol. The summed E-state index contributed by atoms with van der Waals surface area (Å²) < 4.78 is 12.9. The second kappa shape index (κ2) is 10.0. The fourth-order valence-electron chi connectivity index (χ4n) is 3.56. The van der Waals surface area contributed by atoms with Gasteiger partial charge in [-0.25, -0.2) is 4.79 Å². The molecule has 1 fully saturated rings. The SMILES string of the molecule is CC(C)c1cc(Oc2c(Cl)cc(N3N=C(C#N)C(=O)[N]C3=O)cc2Cl)nn(C2CCCCO2)c1=O. The molecule has 3 heterocycles. The summed E-state index contributed by atoms with van der Waals surface area (Å²) in [4.78, 5) is 36.7. The fourth-order valence-corrected chi connectivity index (χ4v) is 4.12. The van der Waals surface area contributed by atoms with Crippen molar-refractivity contribution in [1.82, 2.24) is 15.1 Å². The third-order valence-corrected chi connectivity index (χ3v) is 5.87. The van der Waals surface area contributed by atoms with Crippen LogP contribution in [0.3, 0.4) is 0 Å². The highest BCUT2D eigenvalue weighted by Crippen LogP contribution is 2.40. The van der Waals surface area contributed by atoms with Crippen LogP contribution in [-0.4, -0.2) is 34.0 Å². The molecule has 0 saturated carbocycles. The summed E-state index contributed by atoms with van der Waals surface area (Å²) >= 11 is 12.8. The summed E-state index contributed by atoms with van der Waals surface area (Å²) in [6, 6.07) is 4.72. The van der Waals surface area contributed by atoms with E-state index in [2.05, 4.69) is 15.5 Å². The van der Waals surface area contributed by atoms with Crippen LogP contribution in [0.2, 0.25) is 10.0 Å². The van der Waals surface area contributed by atoms with Crippen molar-refractivity contribution < 1.29 is 19.1 Å². The van der Waals surface area contributed by atoms with E-state index < -0.39 is 23.9 Å². The molecule has 11 nitrogen and oxygen atoms in total. The van der Waals surface area contributed by atoms with Crippen LogP contribution in [-0.2, 0) is 9.53 Å². The molecule has 0 bridgehead atoms. The summed E-state index contributed by atoms with van der Waals surface area (Å²) in [5.74, 6) is -1.04. The Morgan fingerprint density at radius 2 is 1.89 bits per heavy atom. The lowest BCUT2D eigenvalue weighted by Gasteiger charge is -2.25. The number of aromatic nitrogens is 2. The highest BCUT2D eigenvalue weighted by molar-refractivity contribution is 6.49. The number of halogens is 2. The summed E-state index contributed by atoms with van der Waals surface area (Å²) in [6.07, 6.45) is 1.96. The topological polar surface area (TPSA) is 141 Å². The van der Waals surface area contributed by atoms with Crippen molar-refractivity contribution in [3.63, 3.8) is 0 Å². The third kappa shape index (κ3) is 5.00. The number of carbonyl (C=O) groups is 2. The molecule has 2 aliphatic rings. The average molecular weight is 518 g/mol. The van der Waals surface area contributed by atoms with Crippen molar-refractivity contribution in [2.45, 2.75) is 45.3 Å². The first-order valence-electron chi connectivity index (χ1n) is 10.7. The number of ether oxygens (including phenoxy) is 2. The summed E-state index contributed by atoms with van der Waals surface area (Å²) in [6.45, 7) is 4.29. The van der Waals surface area contributed by atoms with Crippen LogP contribution in [0.15, 0.2) is 28.1 Å². The molecule has 0 N–H and O–H groups in total. The zero-order valence-corrected chi connectivity index (χ0v) is 20.2. The minimum absolute atomic E-state index is 0.00882. The van der Waals surface area contributed by atoms with E-state index in [0.717, 1.165) is 17.9 Å². The van der Waals surface area contributed by atoms with Crippen molar-refractivity contribution in [3.05, 3.63) is 44.2 Å². The van der Waals surface area contributed by atoms with E-state index in [4.69, 9.17) is 37.9 Å². The lowest BCUT2D eigenvalue weighted by molar-refractivity contribution is -0.114. The number of hydrogen-bond donors (Lipinski definition) is 0. The number of nitrogens with zero attached hydrogens (tertiary/aromatic N) is 6. The molecule has 1 atom stereocenters. The van der Waals surface area contributed by atoms with Gasteiger partial charge in [0.25, 0.3) is 5.56 Å². The molecule has 0 aliphatic carbocycles. The van der Waals surface area contributed by atoms with Crippen LogP contribution in [0.4, 0.5) is 10.5 Å². The quantitative estimate of drug-likeness (QED) is 0.580. The first-order valence-corrected chi connectivity index (χ1v) is 11.5. The first-order chi connectivity index (χ1) is 16.7. The Kier molecular flexibility index (Phi) is 7.07. The number of nitriles is 1. The number of amides is 3. The minimum Gasteiger partial charge on any atom is -0.434 e. The molecule has 1 unspecified atom stereocenters. The molecule has 2 aliphatic heterocycles. The van der Waals surface area contributed by atoms with Gasteiger partial charge in [0.05, 0.1) is 15.7 Å². The molecule has 4 rings (SSSR count). The molecule has 1 aromatic carbocycles. The van der Waals surface area contributed by atoms with Crippen molar-refractivity contribution in [2.24, 2.45) is 5.10 Å². The Labute approximate surface area is 209 Å². The van der Waals surface area contributed by atoms with E-state index in [1.807, 2.05) is 13.8 Å². The van der Waals surface area contributed by atoms with Crippen LogP contribution in [0.5, 0.6) is 11.6 Å². The monoisotopic (exact) mass is 517 g/mol. The van der Waals surface area contributed by atoms with Crippen LogP contribution in [0.1, 0.15) is 50.8 Å². The van der Waals surface area contributed by atoms with E-state index in [9.17, 15) is 14.4 Å². The van der Waals surface area contributed by atoms with Gasteiger partial charge in [-0.15, -0.1) is 15.5 Å². The average Bonchev–Trinajstić information content (AvgIpc) is 2.82. The minimum atomic E-state index is -1.03. The van der Waals surface area contributed by atoms with Gasteiger partial charge >= 0.3 is 11.9 Å². The smallest absolute Gasteiger partial charge is 0.372 e. The number of hydrazone groups is 1. The molecule has 1 saturated heterocycles. The molecular formula is C22H19Cl2N6O5. The molecule has 13 heteroatoms. The van der Waals surface area contributed by atoms with Gasteiger partial charge in [0.15, 0.2) is 12.0 Å². The van der Waals surface area contributed by atoms with E-state index >= 15 is 0 Å². The van der Waals surface area contributed by atoms with Gasteiger partial charge in [0.2, 0.25) is 11.6 Å². The number of hydrogen-bond acceptors (Lipinski definition) is 8. The van der Waals surface area contributed by atoms with Gasteiger partial charge in [-0.3, -0.25) is 9.59 Å². The maximum absolute atomic E-state index is 13.0. The molecule has 181 valence electrons. The van der Waals surface area contributed by atoms with Gasteiger partial charge in [-0.05, 0) is 37.3 Å². The lowest BCUT2D eigenvalue weighted by atomic mass is 10.1. The standard InChI is InChI=1S/C22H19Cl2N6O5/c1-11(2)13-9-17(28-30(21(13)32)18-5-3-4-6-34-18)35-19-14(23)7-12(8-15(19)24)29-22(33)26-20(31)16(10-25)27-29/h7-9,11,18H,3-6H2,1-2H3. The number of urea groups is 1. The summed E-state index contributed by atoms with van der Waals surface area (Å²) in [5.41, 5.74) is -0.274. The number of carbonyl (C=O) groups excluding carboxylic acids is 2. The van der Waals surface area contributed by atoms with E-state index in [1.54, 1.807) is 6.07 Å². The number of benzene rings is 1. The van der Waals surface area contributed by atoms with E-state index in [1.165, 1.54) is 22.9 Å². The first kappa shape index (κ1) is 24.7. The van der Waals surface area contributed by atoms with Gasteiger partial charge in [-0.2, -0.15) is 15.0 Å². The Morgan fingerprint density at radius 3 is 2.49 bits per heavy atom. The summed E-state index contributed by atoms with van der Waals surface area (Å²) in [5, 5.41) is 21.0. The fraction of sp³-hybridized carbons (Fsp3) is 0.364. The van der Waals surface area contributed by atoms with Gasteiger partial charge in [0, 0.05) is 18.2 Å². The Bertz CT molecular complexity index is 1300. The van der Waals surface area contributed by atoms with Crippen LogP contribution in [0.25, 0.3) is 0 Å². The Balaban J connectivity index is 1.71. The van der Waals surface area contributed by atoms with E-state index in [0.29, 0.717) is 18.6 Å². The lowest BCUT2D eigenvalue weighted by Crippen LogP contribution is -2.44. The maximum atomic E-state index is 13.0. The Morgan fingerprint density at radius 1 is 1.17 bits per heavy atom. The molecule has 3 amide bonds. The van der Waals surface area contributed by atoms with Gasteiger partial charge in [-0.1, -0.05) is 37.0 Å². The van der Waals surface area contributed by atoms with Gasteiger partial charge < -0.3 is 9.47 Å². The summed E-state index contributed by atoms with van der Waals surface area (Å²) in [7, 11) is 0. The van der Waals surface area contributed by atoms with Crippen LogP contribution >= 0.6 is 23.2 Å². The molecule has 35 heavy (non-hydrogen) atoms. The number of imide groups is 1. The molecular weight excluding hydrogens is 499 g/mol. The van der Waals surface area contributed by atoms with E-state index in [-0.39, 0.29) is 38.8 Å². The second-order valence-corrected chi connectivity index (χ2v) is 8.89. The van der Waals surface area contributed by atoms with Crippen LogP contribution < -0.4 is 20.6 Å². The third-order valence-electron chi connectivity index (χ3n) is 5.31. The van der Waals surface area contributed by atoms with Crippen molar-refractivity contribution in [3.8, 4) is 17.7 Å². The highest BCUT2D eigenvalue weighted by atomic mass is 35.5. The zero-order valence-electron chi connectivity index (χ0n) is 18.7. The van der Waals surface area contributed by atoms with Crippen LogP contribution in [0, 0.1) is 11.3 Å². The van der Waals surface area contributed by atoms with Crippen molar-refractivity contribution >= 4 is 46.5 Å². The molecule has 1 aromatic heterocycles. The Hall–Kier alpha value is -3.46. The maximum Gasteiger partial charge on any atom is 0.372 e. The van der Waals surface area contributed by atoms with Crippen molar-refractivity contribution in [1.29, 1.82) is 5.26 Å². The molecule has 2 aromatic rings. The molecule has 1 radical (unpaired) electrons. The number of rotatable bonds is 5. The highest BCUT2D eigenvalue weighted by Gasteiger charge is 2.31. The van der Waals surface area contributed by atoms with Gasteiger partial charge in [0.1, 0.15) is 6.07 Å². The molecule has 0 spiro atoms. The second-order valence-electron chi connectivity index (χ2n) is 8.08. The number of anilines is 1. The largest absolute Gasteiger partial charge is 0.434 e.